The van der Waals surface area contributed by atoms with E-state index in [2.05, 4.69) is 39.5 Å². The fraction of sp³-hybridized carbons (Fsp3) is 0.389. The zero-order valence-electron chi connectivity index (χ0n) is 13.2. The molecule has 0 unspecified atom stereocenters. The molecule has 0 radical (unpaired) electrons. The summed E-state index contributed by atoms with van der Waals surface area (Å²) in [5, 5.41) is 3.50. The number of ether oxygens (including phenoxy) is 1. The van der Waals surface area contributed by atoms with Crippen molar-refractivity contribution in [2.45, 2.75) is 19.5 Å². The van der Waals surface area contributed by atoms with Gasteiger partial charge in [-0.25, -0.2) is 0 Å². The van der Waals surface area contributed by atoms with Crippen molar-refractivity contribution in [1.82, 2.24) is 15.2 Å². The lowest BCUT2D eigenvalue weighted by atomic mass is 10.0. The van der Waals surface area contributed by atoms with Crippen molar-refractivity contribution >= 4 is 0 Å². The third-order valence-corrected chi connectivity index (χ3v) is 4.21. The number of benzene rings is 1. The quantitative estimate of drug-likeness (QED) is 0.941. The Bertz CT molecular complexity index is 612. The van der Waals surface area contributed by atoms with Crippen molar-refractivity contribution in [3.8, 4) is 5.75 Å². The van der Waals surface area contributed by atoms with E-state index in [1.54, 1.807) is 7.11 Å². The first-order chi connectivity index (χ1) is 10.8. The van der Waals surface area contributed by atoms with Crippen LogP contribution in [0, 0.1) is 6.92 Å². The van der Waals surface area contributed by atoms with E-state index in [1.807, 2.05) is 25.3 Å². The summed E-state index contributed by atoms with van der Waals surface area (Å²) >= 11 is 0. The number of piperazine rings is 1. The summed E-state index contributed by atoms with van der Waals surface area (Å²) in [5.74, 6) is 0.961. The predicted octanol–water partition coefficient (Wildman–Crippen LogP) is 2.55. The molecule has 2 heterocycles. The standard InChI is InChI=1S/C18H23N3O/c1-14-7-8-15(11-20-14)13-21-10-9-19-12-17(21)16-5-3-4-6-18(16)22-2/h3-8,11,17,19H,9-10,12-13H2,1-2H3/t17-/m1/s1. The van der Waals surface area contributed by atoms with Crippen LogP contribution in [-0.2, 0) is 6.54 Å². The molecular formula is C18H23N3O. The second kappa shape index (κ2) is 6.90. The molecule has 1 aliphatic heterocycles. The lowest BCUT2D eigenvalue weighted by Crippen LogP contribution is -2.45. The number of aromatic nitrogens is 1. The number of hydrogen-bond acceptors (Lipinski definition) is 4. The van der Waals surface area contributed by atoms with E-state index in [1.165, 1.54) is 11.1 Å². The fourth-order valence-corrected chi connectivity index (χ4v) is 3.01. The largest absolute Gasteiger partial charge is 0.496 e. The highest BCUT2D eigenvalue weighted by Gasteiger charge is 2.26. The summed E-state index contributed by atoms with van der Waals surface area (Å²) in [6.45, 7) is 5.92. The lowest BCUT2D eigenvalue weighted by Gasteiger charge is -2.37. The van der Waals surface area contributed by atoms with Crippen molar-refractivity contribution < 1.29 is 4.74 Å². The van der Waals surface area contributed by atoms with Gasteiger partial charge in [0.2, 0.25) is 0 Å². The Labute approximate surface area is 132 Å². The molecule has 1 aromatic heterocycles. The van der Waals surface area contributed by atoms with Gasteiger partial charge < -0.3 is 10.1 Å². The van der Waals surface area contributed by atoms with Crippen LogP contribution in [0.3, 0.4) is 0 Å². The Hall–Kier alpha value is -1.91. The molecule has 1 atom stereocenters. The molecule has 0 bridgehead atoms. The van der Waals surface area contributed by atoms with Gasteiger partial charge in [-0.2, -0.15) is 0 Å². The average Bonchev–Trinajstić information content (AvgIpc) is 2.57. The fourth-order valence-electron chi connectivity index (χ4n) is 3.01. The van der Waals surface area contributed by atoms with E-state index in [0.717, 1.165) is 37.6 Å². The van der Waals surface area contributed by atoms with E-state index in [-0.39, 0.29) is 0 Å². The van der Waals surface area contributed by atoms with Crippen LogP contribution in [0.4, 0.5) is 0 Å². The minimum absolute atomic E-state index is 0.325. The molecule has 4 nitrogen and oxygen atoms in total. The summed E-state index contributed by atoms with van der Waals surface area (Å²) in [7, 11) is 1.74. The second-order valence-corrected chi connectivity index (χ2v) is 5.74. The van der Waals surface area contributed by atoms with Gasteiger partial charge >= 0.3 is 0 Å². The number of para-hydroxylation sites is 1. The summed E-state index contributed by atoms with van der Waals surface area (Å²) in [6, 6.07) is 12.9. The molecule has 3 rings (SSSR count). The first kappa shape index (κ1) is 15.0. The SMILES string of the molecule is COc1ccccc1[C@H]1CNCCN1Cc1ccc(C)nc1. The van der Waals surface area contributed by atoms with Gasteiger partial charge in [-0.1, -0.05) is 24.3 Å². The maximum atomic E-state index is 5.55. The van der Waals surface area contributed by atoms with E-state index < -0.39 is 0 Å². The number of rotatable bonds is 4. The summed E-state index contributed by atoms with van der Waals surface area (Å²) in [4.78, 5) is 6.91. The van der Waals surface area contributed by atoms with Crippen molar-refractivity contribution in [3.63, 3.8) is 0 Å². The highest BCUT2D eigenvalue weighted by Crippen LogP contribution is 2.30. The molecule has 1 N–H and O–H groups in total. The summed E-state index contributed by atoms with van der Waals surface area (Å²) in [6.07, 6.45) is 1.98. The Kier molecular flexibility index (Phi) is 4.71. The van der Waals surface area contributed by atoms with Gasteiger partial charge in [0.15, 0.2) is 0 Å². The highest BCUT2D eigenvalue weighted by atomic mass is 16.5. The van der Waals surface area contributed by atoms with E-state index in [0.29, 0.717) is 6.04 Å². The van der Waals surface area contributed by atoms with Crippen LogP contribution in [0.15, 0.2) is 42.6 Å². The van der Waals surface area contributed by atoms with E-state index in [4.69, 9.17) is 4.74 Å². The van der Waals surface area contributed by atoms with Gasteiger partial charge in [-0.15, -0.1) is 0 Å². The molecular weight excluding hydrogens is 274 g/mol. The molecule has 1 fully saturated rings. The number of nitrogens with zero attached hydrogens (tertiary/aromatic N) is 2. The molecule has 4 heteroatoms. The maximum absolute atomic E-state index is 5.55. The molecule has 22 heavy (non-hydrogen) atoms. The van der Waals surface area contributed by atoms with Crippen LogP contribution in [-0.4, -0.2) is 36.6 Å². The Morgan fingerprint density at radius 2 is 2.14 bits per heavy atom. The minimum atomic E-state index is 0.325. The zero-order chi connectivity index (χ0) is 15.4. The van der Waals surface area contributed by atoms with Gasteiger partial charge in [0.25, 0.3) is 0 Å². The molecule has 116 valence electrons. The Morgan fingerprint density at radius 3 is 2.91 bits per heavy atom. The average molecular weight is 297 g/mol. The van der Waals surface area contributed by atoms with Crippen LogP contribution >= 0.6 is 0 Å². The third kappa shape index (κ3) is 3.29. The van der Waals surface area contributed by atoms with Gasteiger partial charge in [0.05, 0.1) is 13.2 Å². The number of aryl methyl sites for hydroxylation is 1. The summed E-state index contributed by atoms with van der Waals surface area (Å²) < 4.78 is 5.55. The van der Waals surface area contributed by atoms with Crippen LogP contribution in [0.2, 0.25) is 0 Å². The van der Waals surface area contributed by atoms with Gasteiger partial charge in [0.1, 0.15) is 5.75 Å². The van der Waals surface area contributed by atoms with Crippen molar-refractivity contribution in [2.24, 2.45) is 0 Å². The Balaban J connectivity index is 1.83. The maximum Gasteiger partial charge on any atom is 0.123 e. The number of pyridine rings is 1. The van der Waals surface area contributed by atoms with Gasteiger partial charge in [-0.3, -0.25) is 9.88 Å². The third-order valence-electron chi connectivity index (χ3n) is 4.21. The molecule has 0 aliphatic carbocycles. The smallest absolute Gasteiger partial charge is 0.123 e. The molecule has 1 saturated heterocycles. The molecule has 0 amide bonds. The van der Waals surface area contributed by atoms with Gasteiger partial charge in [-0.05, 0) is 24.6 Å². The summed E-state index contributed by atoms with van der Waals surface area (Å²) in [5.41, 5.74) is 3.56. The minimum Gasteiger partial charge on any atom is -0.496 e. The molecule has 1 aliphatic rings. The van der Waals surface area contributed by atoms with Crippen LogP contribution in [0.1, 0.15) is 22.9 Å². The van der Waals surface area contributed by atoms with Gasteiger partial charge in [0, 0.05) is 43.6 Å². The van der Waals surface area contributed by atoms with Crippen molar-refractivity contribution in [1.29, 1.82) is 0 Å². The molecule has 1 aromatic carbocycles. The van der Waals surface area contributed by atoms with Crippen molar-refractivity contribution in [2.75, 3.05) is 26.7 Å². The Morgan fingerprint density at radius 1 is 1.27 bits per heavy atom. The molecule has 0 spiro atoms. The predicted molar refractivity (Wildman–Crippen MR) is 88.0 cm³/mol. The van der Waals surface area contributed by atoms with E-state index in [9.17, 15) is 0 Å². The second-order valence-electron chi connectivity index (χ2n) is 5.74. The van der Waals surface area contributed by atoms with Crippen LogP contribution in [0.5, 0.6) is 5.75 Å². The number of nitrogens with one attached hydrogen (secondary N) is 1. The number of hydrogen-bond donors (Lipinski definition) is 1. The molecule has 2 aromatic rings. The first-order valence-corrected chi connectivity index (χ1v) is 7.77. The van der Waals surface area contributed by atoms with Crippen molar-refractivity contribution in [3.05, 3.63) is 59.4 Å². The van der Waals surface area contributed by atoms with Crippen LogP contribution in [0.25, 0.3) is 0 Å². The number of methoxy groups -OCH3 is 1. The lowest BCUT2D eigenvalue weighted by molar-refractivity contribution is 0.151. The normalized spacial score (nSPS) is 19.1. The topological polar surface area (TPSA) is 37.4 Å². The monoisotopic (exact) mass is 297 g/mol. The zero-order valence-corrected chi connectivity index (χ0v) is 13.2. The molecule has 0 saturated carbocycles. The van der Waals surface area contributed by atoms with E-state index >= 15 is 0 Å². The van der Waals surface area contributed by atoms with Crippen LogP contribution < -0.4 is 10.1 Å². The first-order valence-electron chi connectivity index (χ1n) is 7.77. The highest BCUT2D eigenvalue weighted by molar-refractivity contribution is 5.36.